The molecule has 1 amide bonds. The fraction of sp³-hybridized carbons (Fsp3) is 0.438. The van der Waals surface area contributed by atoms with Crippen LogP contribution in [-0.2, 0) is 4.74 Å². The fourth-order valence-electron chi connectivity index (χ4n) is 1.83. The van der Waals surface area contributed by atoms with Gasteiger partial charge in [-0.15, -0.1) is 0 Å². The Morgan fingerprint density at radius 1 is 1.48 bits per heavy atom. The van der Waals surface area contributed by atoms with Crippen LogP contribution in [0.15, 0.2) is 18.2 Å². The van der Waals surface area contributed by atoms with Crippen LogP contribution in [0.2, 0.25) is 5.02 Å². The lowest BCUT2D eigenvalue weighted by Gasteiger charge is -2.26. The lowest BCUT2D eigenvalue weighted by molar-refractivity contribution is 0.0635. The molecule has 0 heterocycles. The second kappa shape index (κ2) is 8.68. The number of hydrogen-bond donors (Lipinski definition) is 1. The summed E-state index contributed by atoms with van der Waals surface area (Å²) in [5.41, 5.74) is 1.11. The Balaban J connectivity index is 2.98. The summed E-state index contributed by atoms with van der Waals surface area (Å²) < 4.78 is 5.03. The van der Waals surface area contributed by atoms with Crippen LogP contribution in [0.3, 0.4) is 0 Å². The molecule has 0 aliphatic heterocycles. The number of ether oxygens (including phenoxy) is 1. The third-order valence-corrected chi connectivity index (χ3v) is 3.25. The van der Waals surface area contributed by atoms with Gasteiger partial charge in [-0.2, -0.15) is 0 Å². The number of carbonyl (C=O) groups is 1. The molecule has 0 radical (unpaired) electrons. The van der Waals surface area contributed by atoms with Gasteiger partial charge in [0.05, 0.1) is 11.6 Å². The molecule has 0 aliphatic rings. The summed E-state index contributed by atoms with van der Waals surface area (Å²) in [4.78, 5) is 14.2. The van der Waals surface area contributed by atoms with Crippen molar-refractivity contribution in [2.45, 2.75) is 19.9 Å². The van der Waals surface area contributed by atoms with Gasteiger partial charge in [0.2, 0.25) is 0 Å². The lowest BCUT2D eigenvalue weighted by atomic mass is 10.1. The first-order chi connectivity index (χ1) is 10.0. The van der Waals surface area contributed by atoms with E-state index in [1.807, 2.05) is 13.8 Å². The number of hydrogen-bond acceptors (Lipinski definition) is 3. The molecule has 4 nitrogen and oxygen atoms in total. The van der Waals surface area contributed by atoms with E-state index in [1.54, 1.807) is 30.2 Å². The molecule has 1 N–H and O–H groups in total. The van der Waals surface area contributed by atoms with Crippen molar-refractivity contribution in [3.63, 3.8) is 0 Å². The maximum atomic E-state index is 12.5. The van der Waals surface area contributed by atoms with E-state index in [1.165, 1.54) is 0 Å². The highest BCUT2D eigenvalue weighted by atomic mass is 35.5. The summed E-state index contributed by atoms with van der Waals surface area (Å²) >= 11 is 6.12. The van der Waals surface area contributed by atoms with Gasteiger partial charge in [0.15, 0.2) is 0 Å². The molecule has 0 aromatic heterocycles. The SMILES string of the molecule is COCCN(C(=O)c1ccc(C#CCO)c(Cl)c1)C(C)C. The molecule has 114 valence electrons. The van der Waals surface area contributed by atoms with Crippen LogP contribution in [0.4, 0.5) is 0 Å². The summed E-state index contributed by atoms with van der Waals surface area (Å²) in [6.45, 7) is 4.69. The highest BCUT2D eigenvalue weighted by Crippen LogP contribution is 2.19. The minimum Gasteiger partial charge on any atom is -0.384 e. The van der Waals surface area contributed by atoms with Gasteiger partial charge in [-0.3, -0.25) is 4.79 Å². The van der Waals surface area contributed by atoms with Crippen molar-refractivity contribution in [2.75, 3.05) is 26.9 Å². The summed E-state index contributed by atoms with van der Waals surface area (Å²) in [6, 6.07) is 5.05. The number of methoxy groups -OCH3 is 1. The van der Waals surface area contributed by atoms with Crippen LogP contribution < -0.4 is 0 Å². The molecule has 0 fully saturated rings. The summed E-state index contributed by atoms with van der Waals surface area (Å²) in [5.74, 6) is 5.18. The van der Waals surface area contributed by atoms with Crippen molar-refractivity contribution in [3.05, 3.63) is 34.3 Å². The number of benzene rings is 1. The molecule has 0 saturated carbocycles. The van der Waals surface area contributed by atoms with E-state index >= 15 is 0 Å². The Labute approximate surface area is 130 Å². The molecular weight excluding hydrogens is 290 g/mol. The summed E-state index contributed by atoms with van der Waals surface area (Å²) in [6.07, 6.45) is 0. The predicted molar refractivity (Wildman–Crippen MR) is 83.5 cm³/mol. The van der Waals surface area contributed by atoms with Gasteiger partial charge in [0.1, 0.15) is 6.61 Å². The first-order valence-corrected chi connectivity index (χ1v) is 7.08. The van der Waals surface area contributed by atoms with Crippen molar-refractivity contribution in [2.24, 2.45) is 0 Å². The molecule has 0 atom stereocenters. The van der Waals surface area contributed by atoms with E-state index in [-0.39, 0.29) is 18.6 Å². The van der Waals surface area contributed by atoms with Crippen molar-refractivity contribution in [1.82, 2.24) is 4.90 Å². The minimum atomic E-state index is -0.227. The number of rotatable bonds is 5. The highest BCUT2D eigenvalue weighted by molar-refractivity contribution is 6.32. The third-order valence-electron chi connectivity index (χ3n) is 2.94. The number of aliphatic hydroxyl groups excluding tert-OH is 1. The zero-order valence-corrected chi connectivity index (χ0v) is 13.3. The Bertz CT molecular complexity index is 546. The van der Waals surface area contributed by atoms with E-state index in [9.17, 15) is 4.79 Å². The van der Waals surface area contributed by atoms with E-state index in [2.05, 4.69) is 11.8 Å². The number of carbonyl (C=O) groups excluding carboxylic acids is 1. The molecular formula is C16H20ClNO3. The van der Waals surface area contributed by atoms with Crippen LogP contribution in [0.25, 0.3) is 0 Å². The van der Waals surface area contributed by atoms with Crippen molar-refractivity contribution >= 4 is 17.5 Å². The van der Waals surface area contributed by atoms with Gasteiger partial charge in [-0.05, 0) is 32.0 Å². The highest BCUT2D eigenvalue weighted by Gasteiger charge is 2.19. The monoisotopic (exact) mass is 309 g/mol. The molecule has 0 saturated heterocycles. The largest absolute Gasteiger partial charge is 0.384 e. The maximum Gasteiger partial charge on any atom is 0.254 e. The second-order valence-corrected chi connectivity index (χ2v) is 5.15. The Morgan fingerprint density at radius 3 is 2.71 bits per heavy atom. The quantitative estimate of drug-likeness (QED) is 0.848. The van der Waals surface area contributed by atoms with Gasteiger partial charge in [-0.25, -0.2) is 0 Å². The van der Waals surface area contributed by atoms with Crippen LogP contribution in [0, 0.1) is 11.8 Å². The van der Waals surface area contributed by atoms with Crippen molar-refractivity contribution < 1.29 is 14.6 Å². The number of amides is 1. The zero-order chi connectivity index (χ0) is 15.8. The molecule has 1 aromatic rings. The molecule has 5 heteroatoms. The number of aliphatic hydroxyl groups is 1. The van der Waals surface area contributed by atoms with E-state index in [4.69, 9.17) is 21.4 Å². The number of halogens is 1. The smallest absolute Gasteiger partial charge is 0.254 e. The molecule has 0 spiro atoms. The Morgan fingerprint density at radius 2 is 2.19 bits per heavy atom. The first kappa shape index (κ1) is 17.5. The average molecular weight is 310 g/mol. The van der Waals surface area contributed by atoms with Crippen molar-refractivity contribution in [1.29, 1.82) is 0 Å². The second-order valence-electron chi connectivity index (χ2n) is 4.74. The molecule has 1 rings (SSSR count). The fourth-order valence-corrected chi connectivity index (χ4v) is 2.06. The van der Waals surface area contributed by atoms with Crippen molar-refractivity contribution in [3.8, 4) is 11.8 Å². The topological polar surface area (TPSA) is 49.8 Å². The van der Waals surface area contributed by atoms with E-state index in [0.717, 1.165) is 0 Å². The third kappa shape index (κ3) is 5.05. The van der Waals surface area contributed by atoms with Gasteiger partial charge in [0.25, 0.3) is 5.91 Å². The zero-order valence-electron chi connectivity index (χ0n) is 12.5. The van der Waals surface area contributed by atoms with Crippen LogP contribution in [-0.4, -0.2) is 48.8 Å². The first-order valence-electron chi connectivity index (χ1n) is 6.70. The summed E-state index contributed by atoms with van der Waals surface area (Å²) in [7, 11) is 1.61. The lowest BCUT2D eigenvalue weighted by Crippen LogP contribution is -2.39. The Kier molecular flexibility index (Phi) is 7.24. The molecule has 1 aromatic carbocycles. The average Bonchev–Trinajstić information content (AvgIpc) is 2.45. The summed E-state index contributed by atoms with van der Waals surface area (Å²) in [5, 5.41) is 9.09. The Hall–Kier alpha value is -1.54. The van der Waals surface area contributed by atoms with Crippen LogP contribution >= 0.6 is 11.6 Å². The standard InChI is InChI=1S/C16H20ClNO3/c1-12(2)18(8-10-21-3)16(20)14-7-6-13(5-4-9-19)15(17)11-14/h6-7,11-12,19H,8-10H2,1-3H3. The van der Waals surface area contributed by atoms with Gasteiger partial charge >= 0.3 is 0 Å². The minimum absolute atomic E-state index is 0.0697. The van der Waals surface area contributed by atoms with Gasteiger partial charge < -0.3 is 14.7 Å². The molecule has 0 unspecified atom stereocenters. The molecule has 21 heavy (non-hydrogen) atoms. The van der Waals surface area contributed by atoms with Crippen LogP contribution in [0.1, 0.15) is 29.8 Å². The predicted octanol–water partition coefficient (Wildman–Crippen LogP) is 2.18. The van der Waals surface area contributed by atoms with Gasteiger partial charge in [0, 0.05) is 30.8 Å². The normalized spacial score (nSPS) is 10.2. The van der Waals surface area contributed by atoms with E-state index in [0.29, 0.717) is 29.3 Å². The molecule has 0 aliphatic carbocycles. The number of nitrogens with zero attached hydrogens (tertiary/aromatic N) is 1. The maximum absolute atomic E-state index is 12.5. The molecule has 0 bridgehead atoms. The van der Waals surface area contributed by atoms with Crippen LogP contribution in [0.5, 0.6) is 0 Å². The van der Waals surface area contributed by atoms with Gasteiger partial charge in [-0.1, -0.05) is 23.4 Å². The van der Waals surface area contributed by atoms with E-state index < -0.39 is 0 Å².